The number of benzene rings is 2. The molecule has 1 aliphatic rings. The Morgan fingerprint density at radius 1 is 0.964 bits per heavy atom. The molecule has 8 heteroatoms. The fraction of sp³-hybridized carbons (Fsp3) is 0.200. The normalized spacial score (nSPS) is 14.3. The first-order valence-corrected chi connectivity index (χ1v) is 9.56. The number of hydrogen-bond donors (Lipinski definition) is 1. The van der Waals surface area contributed by atoms with E-state index in [4.69, 9.17) is 39.5 Å². The van der Waals surface area contributed by atoms with Gasteiger partial charge in [-0.05, 0) is 44.2 Å². The van der Waals surface area contributed by atoms with Gasteiger partial charge in [-0.2, -0.15) is 0 Å². The van der Waals surface area contributed by atoms with Crippen LogP contribution >= 0.6 is 34.8 Å². The van der Waals surface area contributed by atoms with Gasteiger partial charge < -0.3 is 10.1 Å². The van der Waals surface area contributed by atoms with Gasteiger partial charge in [0.25, 0.3) is 11.8 Å². The molecule has 2 aromatic rings. The van der Waals surface area contributed by atoms with E-state index in [9.17, 15) is 9.59 Å². The number of nitrogens with one attached hydrogen (secondary N) is 1. The predicted octanol–water partition coefficient (Wildman–Crippen LogP) is 5.26. The number of carbonyl (C=O) groups excluding carboxylic acids is 2. The van der Waals surface area contributed by atoms with Gasteiger partial charge in [0.05, 0.1) is 23.4 Å². The van der Waals surface area contributed by atoms with Crippen LogP contribution in [0.1, 0.15) is 19.4 Å². The van der Waals surface area contributed by atoms with Crippen LogP contribution in [0.2, 0.25) is 15.1 Å². The van der Waals surface area contributed by atoms with E-state index >= 15 is 0 Å². The molecule has 1 heterocycles. The Balaban J connectivity index is 2.19. The molecule has 146 valence electrons. The van der Waals surface area contributed by atoms with Crippen molar-refractivity contribution in [2.75, 3.05) is 12.4 Å². The SMILES string of the molecule is COc1ccc(Cl)cc1NC1=C(c2ccc(Cl)cc2Cl)C(=O)N(C(C)C)C1=O. The molecule has 0 radical (unpaired) electrons. The van der Waals surface area contributed by atoms with Crippen LogP contribution in [0.5, 0.6) is 5.75 Å². The van der Waals surface area contributed by atoms with Gasteiger partial charge in [-0.1, -0.05) is 40.9 Å². The fourth-order valence-corrected chi connectivity index (χ4v) is 3.66. The van der Waals surface area contributed by atoms with Crippen molar-refractivity contribution in [3.63, 3.8) is 0 Å². The van der Waals surface area contributed by atoms with Crippen molar-refractivity contribution in [2.45, 2.75) is 19.9 Å². The smallest absolute Gasteiger partial charge is 0.278 e. The zero-order valence-electron chi connectivity index (χ0n) is 15.3. The monoisotopic (exact) mass is 438 g/mol. The van der Waals surface area contributed by atoms with Crippen LogP contribution in [0.25, 0.3) is 5.57 Å². The van der Waals surface area contributed by atoms with Gasteiger partial charge in [-0.3, -0.25) is 14.5 Å². The van der Waals surface area contributed by atoms with Gasteiger partial charge in [0.1, 0.15) is 11.4 Å². The quantitative estimate of drug-likeness (QED) is 0.646. The summed E-state index contributed by atoms with van der Waals surface area (Å²) >= 11 is 18.4. The topological polar surface area (TPSA) is 58.6 Å². The lowest BCUT2D eigenvalue weighted by molar-refractivity contribution is -0.138. The van der Waals surface area contributed by atoms with E-state index < -0.39 is 11.8 Å². The van der Waals surface area contributed by atoms with Crippen molar-refractivity contribution in [3.8, 4) is 5.75 Å². The highest BCUT2D eigenvalue weighted by Gasteiger charge is 2.41. The lowest BCUT2D eigenvalue weighted by atomic mass is 10.0. The fourth-order valence-electron chi connectivity index (χ4n) is 2.99. The summed E-state index contributed by atoms with van der Waals surface area (Å²) in [5, 5.41) is 4.17. The second-order valence-electron chi connectivity index (χ2n) is 6.42. The highest BCUT2D eigenvalue weighted by atomic mass is 35.5. The van der Waals surface area contributed by atoms with Gasteiger partial charge in [0.15, 0.2) is 0 Å². The Morgan fingerprint density at radius 2 is 1.61 bits per heavy atom. The second-order valence-corrected chi connectivity index (χ2v) is 7.70. The van der Waals surface area contributed by atoms with Gasteiger partial charge >= 0.3 is 0 Å². The second kappa shape index (κ2) is 8.03. The number of ether oxygens (including phenoxy) is 1. The molecule has 2 amide bonds. The average molecular weight is 440 g/mol. The third kappa shape index (κ3) is 3.70. The lowest BCUT2D eigenvalue weighted by Gasteiger charge is -2.19. The predicted molar refractivity (Wildman–Crippen MR) is 112 cm³/mol. The summed E-state index contributed by atoms with van der Waals surface area (Å²) in [5.74, 6) is -0.419. The Kier molecular flexibility index (Phi) is 5.89. The first-order chi connectivity index (χ1) is 13.2. The van der Waals surface area contributed by atoms with Crippen molar-refractivity contribution in [1.29, 1.82) is 0 Å². The number of rotatable bonds is 5. The summed E-state index contributed by atoms with van der Waals surface area (Å²) in [6.45, 7) is 3.53. The van der Waals surface area contributed by atoms with Crippen molar-refractivity contribution in [2.24, 2.45) is 0 Å². The third-order valence-electron chi connectivity index (χ3n) is 4.25. The van der Waals surface area contributed by atoms with Gasteiger partial charge in [0, 0.05) is 21.7 Å². The molecule has 1 aliphatic heterocycles. The molecule has 0 saturated carbocycles. The van der Waals surface area contributed by atoms with E-state index in [1.165, 1.54) is 18.1 Å². The third-order valence-corrected chi connectivity index (χ3v) is 5.04. The van der Waals surface area contributed by atoms with E-state index in [0.29, 0.717) is 27.0 Å². The number of amides is 2. The lowest BCUT2D eigenvalue weighted by Crippen LogP contribution is -2.38. The van der Waals surface area contributed by atoms with E-state index in [1.807, 2.05) is 0 Å². The molecule has 28 heavy (non-hydrogen) atoms. The highest BCUT2D eigenvalue weighted by molar-refractivity contribution is 6.41. The Hall–Kier alpha value is -2.21. The average Bonchev–Trinajstić information content (AvgIpc) is 2.86. The largest absolute Gasteiger partial charge is 0.495 e. The first kappa shape index (κ1) is 20.5. The van der Waals surface area contributed by atoms with Crippen molar-refractivity contribution >= 4 is 57.9 Å². The Bertz CT molecular complexity index is 1000. The molecule has 0 saturated heterocycles. The maximum absolute atomic E-state index is 13.1. The van der Waals surface area contributed by atoms with E-state index in [0.717, 1.165) is 0 Å². The minimum absolute atomic E-state index is 0.100. The molecule has 0 fully saturated rings. The molecule has 1 N–H and O–H groups in total. The van der Waals surface area contributed by atoms with Crippen LogP contribution in [-0.2, 0) is 9.59 Å². The van der Waals surface area contributed by atoms with E-state index in [1.54, 1.807) is 44.2 Å². The standard InChI is InChI=1S/C20H17Cl3N2O3/c1-10(2)25-19(26)17(13-6-4-11(21)8-14(13)23)18(20(25)27)24-15-9-12(22)5-7-16(15)28-3/h4-10,24H,1-3H3. The molecule has 0 unspecified atom stereocenters. The number of imide groups is 1. The zero-order chi connectivity index (χ0) is 20.6. The minimum atomic E-state index is -0.456. The summed E-state index contributed by atoms with van der Waals surface area (Å²) in [6, 6.07) is 9.38. The van der Waals surface area contributed by atoms with Crippen LogP contribution in [0.3, 0.4) is 0 Å². The van der Waals surface area contributed by atoms with Crippen molar-refractivity contribution < 1.29 is 14.3 Å². The molecule has 2 aromatic carbocycles. The minimum Gasteiger partial charge on any atom is -0.495 e. The molecule has 0 aromatic heterocycles. The molecule has 3 rings (SSSR count). The Labute approximate surface area is 177 Å². The van der Waals surface area contributed by atoms with Gasteiger partial charge in [-0.15, -0.1) is 0 Å². The van der Waals surface area contributed by atoms with Crippen LogP contribution in [0, 0.1) is 0 Å². The van der Waals surface area contributed by atoms with Crippen LogP contribution in [0.4, 0.5) is 5.69 Å². The number of nitrogens with zero attached hydrogens (tertiary/aromatic N) is 1. The summed E-state index contributed by atoms with van der Waals surface area (Å²) in [7, 11) is 1.50. The highest BCUT2D eigenvalue weighted by Crippen LogP contribution is 2.38. The maximum Gasteiger partial charge on any atom is 0.278 e. The molecule has 0 atom stereocenters. The first-order valence-electron chi connectivity index (χ1n) is 8.42. The van der Waals surface area contributed by atoms with Crippen molar-refractivity contribution in [1.82, 2.24) is 4.90 Å². The van der Waals surface area contributed by atoms with E-state index in [2.05, 4.69) is 5.32 Å². The molecule has 0 spiro atoms. The van der Waals surface area contributed by atoms with Crippen LogP contribution < -0.4 is 10.1 Å². The number of hydrogen-bond acceptors (Lipinski definition) is 4. The maximum atomic E-state index is 13.1. The number of carbonyl (C=O) groups is 2. The summed E-state index contributed by atoms with van der Waals surface area (Å²) < 4.78 is 5.33. The van der Waals surface area contributed by atoms with Crippen molar-refractivity contribution in [3.05, 3.63) is 62.7 Å². The Morgan fingerprint density at radius 3 is 2.21 bits per heavy atom. The number of anilines is 1. The summed E-state index contributed by atoms with van der Waals surface area (Å²) in [4.78, 5) is 27.3. The number of halogens is 3. The van der Waals surface area contributed by atoms with Crippen LogP contribution in [-0.4, -0.2) is 29.9 Å². The van der Waals surface area contributed by atoms with Crippen LogP contribution in [0.15, 0.2) is 42.1 Å². The molecular weight excluding hydrogens is 423 g/mol. The molecule has 0 bridgehead atoms. The summed E-state index contributed by atoms with van der Waals surface area (Å²) in [5.41, 5.74) is 1.14. The molecular formula is C20H17Cl3N2O3. The summed E-state index contributed by atoms with van der Waals surface area (Å²) in [6.07, 6.45) is 0. The van der Waals surface area contributed by atoms with E-state index in [-0.39, 0.29) is 22.3 Å². The molecule has 0 aliphatic carbocycles. The van der Waals surface area contributed by atoms with Gasteiger partial charge in [-0.25, -0.2) is 0 Å². The zero-order valence-corrected chi connectivity index (χ0v) is 17.6. The molecule has 5 nitrogen and oxygen atoms in total. The van der Waals surface area contributed by atoms with Gasteiger partial charge in [0.2, 0.25) is 0 Å². The number of methoxy groups -OCH3 is 1.